The first kappa shape index (κ1) is 13.9. The van der Waals surface area contributed by atoms with Crippen LogP contribution in [0.4, 0.5) is 10.1 Å². The van der Waals surface area contributed by atoms with E-state index in [0.29, 0.717) is 23.7 Å². The lowest BCUT2D eigenvalue weighted by molar-refractivity contribution is -0.124. The van der Waals surface area contributed by atoms with Crippen molar-refractivity contribution in [2.24, 2.45) is 0 Å². The Hall–Kier alpha value is -2.70. The summed E-state index contributed by atoms with van der Waals surface area (Å²) in [7, 11) is 0. The third-order valence-electron chi connectivity index (χ3n) is 4.27. The van der Waals surface area contributed by atoms with Gasteiger partial charge in [-0.1, -0.05) is 0 Å². The van der Waals surface area contributed by atoms with Crippen LogP contribution in [0.1, 0.15) is 34.8 Å². The third-order valence-corrected chi connectivity index (χ3v) is 4.27. The zero-order valence-corrected chi connectivity index (χ0v) is 12.3. The largest absolute Gasteiger partial charge is 0.338 e. The number of hydrogen-bond donors (Lipinski definition) is 2. The van der Waals surface area contributed by atoms with Crippen molar-refractivity contribution >= 4 is 17.5 Å². The number of aromatic amines is 1. The highest BCUT2D eigenvalue weighted by Gasteiger charge is 2.39. The van der Waals surface area contributed by atoms with E-state index >= 15 is 0 Å². The van der Waals surface area contributed by atoms with E-state index in [-0.39, 0.29) is 17.6 Å². The minimum absolute atomic E-state index is 0.193. The molecule has 1 aliphatic heterocycles. The number of rotatable bonds is 4. The molecule has 1 aromatic carbocycles. The van der Waals surface area contributed by atoms with E-state index in [4.69, 9.17) is 0 Å². The van der Waals surface area contributed by atoms with E-state index in [1.807, 2.05) is 0 Å². The van der Waals surface area contributed by atoms with Gasteiger partial charge in [-0.2, -0.15) is 5.10 Å². The van der Waals surface area contributed by atoms with Crippen molar-refractivity contribution in [1.29, 1.82) is 0 Å². The molecule has 1 aromatic heterocycles. The van der Waals surface area contributed by atoms with Crippen molar-refractivity contribution in [2.75, 3.05) is 11.4 Å². The number of β-lactam (4-membered cyclic amide) rings is 1. The number of hydrogen-bond acceptors (Lipinski definition) is 3. The summed E-state index contributed by atoms with van der Waals surface area (Å²) in [6.45, 7) is 0.382. The molecule has 2 aromatic rings. The number of carbonyl (C=O) groups is 2. The number of H-pyrrole nitrogens is 1. The third kappa shape index (κ3) is 2.48. The van der Waals surface area contributed by atoms with E-state index in [1.165, 1.54) is 23.2 Å². The van der Waals surface area contributed by atoms with Crippen LogP contribution < -0.4 is 10.2 Å². The van der Waals surface area contributed by atoms with Gasteiger partial charge in [0.15, 0.2) is 0 Å². The number of amides is 2. The summed E-state index contributed by atoms with van der Waals surface area (Å²) in [6.07, 6.45) is 3.62. The number of aromatic nitrogens is 2. The quantitative estimate of drug-likeness (QED) is 0.841. The van der Waals surface area contributed by atoms with Crippen molar-refractivity contribution in [1.82, 2.24) is 15.5 Å². The molecule has 23 heavy (non-hydrogen) atoms. The maximum atomic E-state index is 12.9. The Morgan fingerprint density at radius 1 is 1.30 bits per heavy atom. The Bertz CT molecular complexity index is 767. The van der Waals surface area contributed by atoms with Gasteiger partial charge in [0.2, 0.25) is 0 Å². The molecule has 7 heteroatoms. The van der Waals surface area contributed by atoms with Crippen LogP contribution in [0.2, 0.25) is 0 Å². The highest BCUT2D eigenvalue weighted by Crippen LogP contribution is 2.40. The molecule has 2 heterocycles. The van der Waals surface area contributed by atoms with Crippen LogP contribution in [0.25, 0.3) is 0 Å². The van der Waals surface area contributed by atoms with Crippen LogP contribution in [0.3, 0.4) is 0 Å². The van der Waals surface area contributed by atoms with E-state index in [0.717, 1.165) is 18.5 Å². The van der Waals surface area contributed by atoms with Crippen LogP contribution in [0, 0.1) is 5.82 Å². The molecule has 1 atom stereocenters. The molecule has 6 nitrogen and oxygen atoms in total. The first-order chi connectivity index (χ1) is 11.1. The monoisotopic (exact) mass is 314 g/mol. The van der Waals surface area contributed by atoms with Gasteiger partial charge in [-0.3, -0.25) is 14.7 Å². The molecule has 1 aliphatic carbocycles. The molecular weight excluding hydrogens is 299 g/mol. The molecule has 0 radical (unpaired) electrons. The smallest absolute Gasteiger partial charge is 0.255 e. The van der Waals surface area contributed by atoms with Crippen molar-refractivity contribution in [3.05, 3.63) is 47.5 Å². The standard InChI is InChI=1S/C16H15FN4O2/c17-10-3-5-11(6-4-10)21-8-13(16(21)23)19-15(22)12-7-18-20-14(12)9-1-2-9/h3-7,9,13H,1-2,8H2,(H,18,20)(H,19,22). The second-order valence-electron chi connectivity index (χ2n) is 5.92. The van der Waals surface area contributed by atoms with Crippen molar-refractivity contribution in [2.45, 2.75) is 24.8 Å². The van der Waals surface area contributed by atoms with Crippen LogP contribution in [0.15, 0.2) is 30.5 Å². The van der Waals surface area contributed by atoms with Crippen molar-refractivity contribution in [3.63, 3.8) is 0 Å². The van der Waals surface area contributed by atoms with Crippen molar-refractivity contribution < 1.29 is 14.0 Å². The summed E-state index contributed by atoms with van der Waals surface area (Å²) in [5, 5.41) is 9.53. The predicted octanol–water partition coefficient (Wildman–Crippen LogP) is 1.57. The molecule has 0 spiro atoms. The van der Waals surface area contributed by atoms with E-state index in [1.54, 1.807) is 12.1 Å². The number of halogens is 1. The zero-order valence-electron chi connectivity index (χ0n) is 12.3. The molecule has 1 saturated carbocycles. The highest BCUT2D eigenvalue weighted by molar-refractivity contribution is 6.07. The van der Waals surface area contributed by atoms with Crippen LogP contribution in [0.5, 0.6) is 0 Å². The summed E-state index contributed by atoms with van der Waals surface area (Å²) in [5.41, 5.74) is 1.99. The summed E-state index contributed by atoms with van der Waals surface area (Å²) in [5.74, 6) is -0.440. The molecule has 1 unspecified atom stereocenters. The number of benzene rings is 1. The first-order valence-corrected chi connectivity index (χ1v) is 7.54. The minimum atomic E-state index is -0.547. The van der Waals surface area contributed by atoms with Crippen LogP contribution in [-0.4, -0.2) is 34.6 Å². The Morgan fingerprint density at radius 2 is 2.04 bits per heavy atom. The molecule has 2 fully saturated rings. The summed E-state index contributed by atoms with van der Waals surface area (Å²) < 4.78 is 12.9. The lowest BCUT2D eigenvalue weighted by Crippen LogP contribution is -2.64. The molecule has 118 valence electrons. The Kier molecular flexibility index (Phi) is 3.14. The fourth-order valence-electron chi connectivity index (χ4n) is 2.78. The van der Waals surface area contributed by atoms with E-state index in [2.05, 4.69) is 15.5 Å². The Labute approximate surface area is 131 Å². The molecule has 4 rings (SSSR count). The van der Waals surface area contributed by atoms with Crippen molar-refractivity contribution in [3.8, 4) is 0 Å². The average Bonchev–Trinajstić information content (AvgIpc) is 3.28. The number of anilines is 1. The number of nitrogens with one attached hydrogen (secondary N) is 2. The minimum Gasteiger partial charge on any atom is -0.338 e. The van der Waals surface area contributed by atoms with Crippen LogP contribution in [-0.2, 0) is 4.79 Å². The maximum absolute atomic E-state index is 12.9. The first-order valence-electron chi connectivity index (χ1n) is 7.54. The Balaban J connectivity index is 1.41. The fraction of sp³-hybridized carbons (Fsp3) is 0.312. The number of carbonyl (C=O) groups excluding carboxylic acids is 2. The summed E-state index contributed by atoms with van der Waals surface area (Å²) in [4.78, 5) is 26.0. The van der Waals surface area contributed by atoms with Gasteiger partial charge in [0, 0.05) is 11.6 Å². The second kappa shape index (κ2) is 5.19. The van der Waals surface area contributed by atoms with Crippen LogP contribution >= 0.6 is 0 Å². The highest BCUT2D eigenvalue weighted by atomic mass is 19.1. The maximum Gasteiger partial charge on any atom is 0.255 e. The molecule has 2 aliphatic rings. The Morgan fingerprint density at radius 3 is 2.70 bits per heavy atom. The van der Waals surface area contributed by atoms with E-state index in [9.17, 15) is 14.0 Å². The lowest BCUT2D eigenvalue weighted by Gasteiger charge is -2.38. The van der Waals surface area contributed by atoms with Gasteiger partial charge in [0.1, 0.15) is 11.9 Å². The predicted molar refractivity (Wildman–Crippen MR) is 80.6 cm³/mol. The molecule has 2 N–H and O–H groups in total. The van der Waals surface area contributed by atoms with Gasteiger partial charge >= 0.3 is 0 Å². The summed E-state index contributed by atoms with van der Waals surface area (Å²) in [6, 6.07) is 5.16. The van der Waals surface area contributed by atoms with Gasteiger partial charge in [0.25, 0.3) is 11.8 Å². The molecule has 0 bridgehead atoms. The summed E-state index contributed by atoms with van der Waals surface area (Å²) >= 11 is 0. The molecular formula is C16H15FN4O2. The van der Waals surface area contributed by atoms with E-state index < -0.39 is 6.04 Å². The van der Waals surface area contributed by atoms with Gasteiger partial charge in [-0.05, 0) is 37.1 Å². The molecule has 1 saturated heterocycles. The molecule has 2 amide bonds. The van der Waals surface area contributed by atoms with Gasteiger partial charge < -0.3 is 10.2 Å². The van der Waals surface area contributed by atoms with Gasteiger partial charge in [-0.25, -0.2) is 4.39 Å². The average molecular weight is 314 g/mol. The lowest BCUT2D eigenvalue weighted by atomic mass is 10.0. The normalized spacial score (nSPS) is 20.3. The number of nitrogens with zero attached hydrogens (tertiary/aromatic N) is 2. The zero-order chi connectivity index (χ0) is 16.0. The second-order valence-corrected chi connectivity index (χ2v) is 5.92. The topological polar surface area (TPSA) is 78.1 Å². The van der Waals surface area contributed by atoms with Gasteiger partial charge in [0.05, 0.1) is 24.0 Å². The SMILES string of the molecule is O=C(NC1CN(c2ccc(F)cc2)C1=O)c1cn[nH]c1C1CC1. The van der Waals surface area contributed by atoms with Gasteiger partial charge in [-0.15, -0.1) is 0 Å². The fourth-order valence-corrected chi connectivity index (χ4v) is 2.78.